The van der Waals surface area contributed by atoms with Gasteiger partial charge in [0, 0.05) is 39.2 Å². The van der Waals surface area contributed by atoms with Crippen molar-refractivity contribution in [2.75, 3.05) is 0 Å². The molecule has 0 fully saturated rings. The molecular formula is C29H17N3O. The normalized spacial score (nSPS) is 12.2. The number of rotatable bonds is 1. The first kappa shape index (κ1) is 17.0. The van der Waals surface area contributed by atoms with Crippen molar-refractivity contribution in [2.45, 2.75) is 0 Å². The third-order valence-electron chi connectivity index (χ3n) is 6.74. The monoisotopic (exact) mass is 423 g/mol. The lowest BCUT2D eigenvalue weighted by atomic mass is 10.1. The molecule has 0 saturated carbocycles. The van der Waals surface area contributed by atoms with E-state index in [2.05, 4.69) is 83.4 Å². The van der Waals surface area contributed by atoms with Crippen molar-refractivity contribution in [2.24, 2.45) is 0 Å². The molecule has 4 aromatic heterocycles. The maximum absolute atomic E-state index is 6.26. The molecule has 8 aromatic rings. The molecule has 4 aromatic carbocycles. The molecular weight excluding hydrogens is 406 g/mol. The van der Waals surface area contributed by atoms with E-state index in [4.69, 9.17) is 9.52 Å². The number of hydrogen-bond acceptors (Lipinski definition) is 2. The lowest BCUT2D eigenvalue weighted by Gasteiger charge is -2.10. The lowest BCUT2D eigenvalue weighted by Crippen LogP contribution is -1.98. The van der Waals surface area contributed by atoms with Crippen molar-refractivity contribution in [3.05, 3.63) is 103 Å². The van der Waals surface area contributed by atoms with Gasteiger partial charge in [-0.15, -0.1) is 0 Å². The van der Waals surface area contributed by atoms with E-state index in [1.165, 1.54) is 16.3 Å². The minimum Gasteiger partial charge on any atom is -0.456 e. The number of aromatic nitrogens is 3. The maximum atomic E-state index is 6.26. The molecule has 8 rings (SSSR count). The minimum absolute atomic E-state index is 0.901. The number of hydrogen-bond donors (Lipinski definition) is 0. The quantitative estimate of drug-likeness (QED) is 0.274. The number of nitrogens with zero attached hydrogens (tertiary/aromatic N) is 3. The van der Waals surface area contributed by atoms with Crippen LogP contribution in [-0.4, -0.2) is 14.2 Å². The first-order valence-electron chi connectivity index (χ1n) is 11.1. The van der Waals surface area contributed by atoms with E-state index in [-0.39, 0.29) is 0 Å². The Balaban J connectivity index is 1.60. The van der Waals surface area contributed by atoms with E-state index in [0.717, 1.165) is 49.6 Å². The summed E-state index contributed by atoms with van der Waals surface area (Å²) in [5.41, 5.74) is 7.31. The zero-order valence-electron chi connectivity index (χ0n) is 17.6. The third-order valence-corrected chi connectivity index (χ3v) is 6.74. The Labute approximate surface area is 187 Å². The van der Waals surface area contributed by atoms with Gasteiger partial charge in [-0.2, -0.15) is 5.10 Å². The second-order valence-corrected chi connectivity index (χ2v) is 8.52. The zero-order valence-corrected chi connectivity index (χ0v) is 17.6. The van der Waals surface area contributed by atoms with Gasteiger partial charge >= 0.3 is 0 Å². The van der Waals surface area contributed by atoms with Gasteiger partial charge in [-0.25, -0.2) is 4.52 Å². The fourth-order valence-corrected chi connectivity index (χ4v) is 5.34. The van der Waals surface area contributed by atoms with Crippen LogP contribution in [0, 0.1) is 0 Å². The minimum atomic E-state index is 0.901. The van der Waals surface area contributed by atoms with Gasteiger partial charge in [0.1, 0.15) is 11.2 Å². The van der Waals surface area contributed by atoms with Crippen LogP contribution in [0.4, 0.5) is 0 Å². The van der Waals surface area contributed by atoms with Crippen LogP contribution >= 0.6 is 0 Å². The summed E-state index contributed by atoms with van der Waals surface area (Å²) >= 11 is 0. The average Bonchev–Trinajstić information content (AvgIpc) is 3.51. The number of pyridine rings is 1. The Morgan fingerprint density at radius 1 is 0.576 bits per heavy atom. The number of para-hydroxylation sites is 2. The van der Waals surface area contributed by atoms with Crippen molar-refractivity contribution in [3.63, 3.8) is 0 Å². The van der Waals surface area contributed by atoms with Crippen LogP contribution in [-0.2, 0) is 0 Å². The van der Waals surface area contributed by atoms with Crippen LogP contribution in [0.5, 0.6) is 0 Å². The molecule has 0 spiro atoms. The summed E-state index contributed by atoms with van der Waals surface area (Å²) < 4.78 is 10.6. The maximum Gasteiger partial charge on any atom is 0.137 e. The highest BCUT2D eigenvalue weighted by molar-refractivity contribution is 6.18. The molecule has 0 saturated heterocycles. The zero-order chi connectivity index (χ0) is 21.5. The smallest absolute Gasteiger partial charge is 0.137 e. The van der Waals surface area contributed by atoms with Gasteiger partial charge in [0.15, 0.2) is 0 Å². The van der Waals surface area contributed by atoms with Crippen molar-refractivity contribution in [1.82, 2.24) is 14.2 Å². The molecule has 4 heterocycles. The molecule has 0 unspecified atom stereocenters. The van der Waals surface area contributed by atoms with Gasteiger partial charge < -0.3 is 8.98 Å². The Bertz CT molecular complexity index is 2040. The van der Waals surface area contributed by atoms with Crippen LogP contribution in [0.25, 0.3) is 65.9 Å². The fraction of sp³-hybridized carbons (Fsp3) is 0. The summed E-state index contributed by atoms with van der Waals surface area (Å²) in [6.45, 7) is 0. The van der Waals surface area contributed by atoms with Crippen molar-refractivity contribution in [3.8, 4) is 5.69 Å². The van der Waals surface area contributed by atoms with Gasteiger partial charge in [-0.3, -0.25) is 0 Å². The summed E-state index contributed by atoms with van der Waals surface area (Å²) in [6.07, 6.45) is 2.02. The van der Waals surface area contributed by atoms with E-state index in [0.29, 0.717) is 0 Å². The molecule has 0 aliphatic heterocycles. The number of benzene rings is 4. The molecule has 0 aliphatic carbocycles. The topological polar surface area (TPSA) is 35.4 Å². The van der Waals surface area contributed by atoms with Gasteiger partial charge in [0.05, 0.1) is 27.8 Å². The van der Waals surface area contributed by atoms with Crippen LogP contribution < -0.4 is 0 Å². The van der Waals surface area contributed by atoms with Crippen LogP contribution in [0.2, 0.25) is 0 Å². The summed E-state index contributed by atoms with van der Waals surface area (Å²) in [7, 11) is 0. The predicted molar refractivity (Wildman–Crippen MR) is 134 cm³/mol. The summed E-state index contributed by atoms with van der Waals surface area (Å²) in [4.78, 5) is 0. The Kier molecular flexibility index (Phi) is 3.11. The van der Waals surface area contributed by atoms with Crippen LogP contribution in [0.3, 0.4) is 0 Å². The highest BCUT2D eigenvalue weighted by Crippen LogP contribution is 2.39. The van der Waals surface area contributed by atoms with E-state index < -0.39 is 0 Å². The van der Waals surface area contributed by atoms with Crippen LogP contribution in [0.15, 0.2) is 108 Å². The molecule has 0 N–H and O–H groups in total. The lowest BCUT2D eigenvalue weighted by molar-refractivity contribution is 0.669. The van der Waals surface area contributed by atoms with E-state index >= 15 is 0 Å². The standard InChI is InChI=1S/C29H17N3O/c1-4-11-23-20(10-1)29-25(13-7-15-31(29)30-23)32-24-12-5-2-8-18(24)21-16-22-19-9-3-6-14-27(19)33-28(22)17-26(21)32/h1-17H. The highest BCUT2D eigenvalue weighted by Gasteiger charge is 2.18. The molecule has 4 nitrogen and oxygen atoms in total. The highest BCUT2D eigenvalue weighted by atomic mass is 16.3. The third kappa shape index (κ3) is 2.17. The molecule has 0 bridgehead atoms. The fourth-order valence-electron chi connectivity index (χ4n) is 5.34. The molecule has 4 heteroatoms. The SMILES string of the molecule is c1ccc2c(c1)nn1cccc(-n3c4ccccc4c4cc5c(cc43)oc3ccccc35)c21. The Morgan fingerprint density at radius 2 is 1.36 bits per heavy atom. The van der Waals surface area contributed by atoms with Crippen molar-refractivity contribution < 1.29 is 4.42 Å². The van der Waals surface area contributed by atoms with Crippen LogP contribution in [0.1, 0.15) is 0 Å². The molecule has 0 radical (unpaired) electrons. The number of fused-ring (bicyclic) bond motifs is 9. The molecule has 0 atom stereocenters. The number of furan rings is 1. The second kappa shape index (κ2) is 6.02. The first-order valence-corrected chi connectivity index (χ1v) is 11.1. The van der Waals surface area contributed by atoms with Gasteiger partial charge in [-0.05, 0) is 36.4 Å². The Hall–Kier alpha value is -4.57. The molecule has 154 valence electrons. The largest absolute Gasteiger partial charge is 0.456 e. The van der Waals surface area contributed by atoms with E-state index in [1.807, 2.05) is 28.9 Å². The predicted octanol–water partition coefficient (Wildman–Crippen LogP) is 7.48. The van der Waals surface area contributed by atoms with Gasteiger partial charge in [0.2, 0.25) is 0 Å². The summed E-state index contributed by atoms with van der Waals surface area (Å²) in [5, 5.41) is 10.7. The Morgan fingerprint density at radius 3 is 2.30 bits per heavy atom. The molecule has 33 heavy (non-hydrogen) atoms. The van der Waals surface area contributed by atoms with E-state index in [1.54, 1.807) is 0 Å². The summed E-state index contributed by atoms with van der Waals surface area (Å²) in [5.74, 6) is 0. The second-order valence-electron chi connectivity index (χ2n) is 8.52. The van der Waals surface area contributed by atoms with Gasteiger partial charge in [0.25, 0.3) is 0 Å². The van der Waals surface area contributed by atoms with Crippen molar-refractivity contribution in [1.29, 1.82) is 0 Å². The summed E-state index contributed by atoms with van der Waals surface area (Å²) in [6, 6.07) is 33.9. The van der Waals surface area contributed by atoms with Crippen molar-refractivity contribution >= 4 is 60.2 Å². The first-order chi connectivity index (χ1) is 16.4. The van der Waals surface area contributed by atoms with Gasteiger partial charge in [-0.1, -0.05) is 54.6 Å². The molecule has 0 amide bonds. The average molecular weight is 423 g/mol. The molecule has 0 aliphatic rings. The van der Waals surface area contributed by atoms with E-state index in [9.17, 15) is 0 Å².